The Labute approximate surface area is 97.1 Å². The molecule has 15 heavy (non-hydrogen) atoms. The molecule has 1 aromatic rings. The van der Waals surface area contributed by atoms with Crippen LogP contribution in [0.15, 0.2) is 16.6 Å². The number of ether oxygens (including phenoxy) is 2. The van der Waals surface area contributed by atoms with Crippen molar-refractivity contribution >= 4 is 15.9 Å². The number of halogens is 1. The molecule has 1 heterocycles. The molecule has 0 fully saturated rings. The van der Waals surface area contributed by atoms with E-state index in [1.165, 1.54) is 0 Å². The zero-order valence-corrected chi connectivity index (χ0v) is 10.3. The summed E-state index contributed by atoms with van der Waals surface area (Å²) in [5.41, 5.74) is -0.0194. The molecule has 2 rings (SSSR count). The molecule has 4 heteroatoms. The van der Waals surface area contributed by atoms with Gasteiger partial charge in [0.15, 0.2) is 11.5 Å². The van der Waals surface area contributed by atoms with Crippen LogP contribution in [0.4, 0.5) is 0 Å². The molecule has 0 saturated heterocycles. The van der Waals surface area contributed by atoms with Crippen molar-refractivity contribution in [3.63, 3.8) is 0 Å². The zero-order chi connectivity index (χ0) is 11.1. The number of benzene rings is 1. The minimum Gasteiger partial charge on any atom is -0.454 e. The van der Waals surface area contributed by atoms with Crippen molar-refractivity contribution in [3.05, 3.63) is 22.2 Å². The van der Waals surface area contributed by atoms with Gasteiger partial charge in [-0.05, 0) is 25.5 Å². The van der Waals surface area contributed by atoms with Crippen molar-refractivity contribution in [3.8, 4) is 11.5 Å². The Bertz CT molecular complexity index is 388. The van der Waals surface area contributed by atoms with Gasteiger partial charge in [0.05, 0.1) is 5.60 Å². The minimum atomic E-state index is -0.847. The second-order valence-corrected chi connectivity index (χ2v) is 4.67. The highest BCUT2D eigenvalue weighted by Crippen LogP contribution is 2.41. The molecule has 0 aromatic heterocycles. The number of rotatable bonds is 2. The van der Waals surface area contributed by atoms with E-state index in [4.69, 9.17) is 9.47 Å². The second kappa shape index (κ2) is 3.68. The maximum absolute atomic E-state index is 10.2. The van der Waals surface area contributed by atoms with Crippen molar-refractivity contribution < 1.29 is 14.6 Å². The van der Waals surface area contributed by atoms with Crippen LogP contribution in [0.25, 0.3) is 0 Å². The molecule has 1 N–H and O–H groups in total. The van der Waals surface area contributed by atoms with E-state index in [1.54, 1.807) is 6.92 Å². The van der Waals surface area contributed by atoms with Gasteiger partial charge in [-0.25, -0.2) is 0 Å². The highest BCUT2D eigenvalue weighted by atomic mass is 79.9. The quantitative estimate of drug-likeness (QED) is 0.900. The third-order valence-electron chi connectivity index (χ3n) is 2.73. The number of fused-ring (bicyclic) bond motifs is 1. The molecular formula is C11H13BrO3. The summed E-state index contributed by atoms with van der Waals surface area (Å²) >= 11 is 3.43. The smallest absolute Gasteiger partial charge is 0.231 e. The van der Waals surface area contributed by atoms with Gasteiger partial charge < -0.3 is 14.6 Å². The van der Waals surface area contributed by atoms with Crippen LogP contribution >= 0.6 is 15.9 Å². The Balaban J connectivity index is 2.49. The van der Waals surface area contributed by atoms with Gasteiger partial charge in [0.1, 0.15) is 0 Å². The highest BCUT2D eigenvalue weighted by molar-refractivity contribution is 9.10. The first-order chi connectivity index (χ1) is 7.04. The monoisotopic (exact) mass is 272 g/mol. The molecule has 0 amide bonds. The minimum absolute atomic E-state index is 0.249. The van der Waals surface area contributed by atoms with Crippen molar-refractivity contribution in [2.75, 3.05) is 6.79 Å². The number of hydrogen-bond acceptors (Lipinski definition) is 3. The Hall–Kier alpha value is -0.740. The predicted octanol–water partition coefficient (Wildman–Crippen LogP) is 2.80. The van der Waals surface area contributed by atoms with E-state index >= 15 is 0 Å². The fourth-order valence-electron chi connectivity index (χ4n) is 1.52. The van der Waals surface area contributed by atoms with E-state index in [0.717, 1.165) is 15.8 Å². The van der Waals surface area contributed by atoms with E-state index in [9.17, 15) is 5.11 Å². The molecular weight excluding hydrogens is 260 g/mol. The van der Waals surface area contributed by atoms with Crippen LogP contribution in [-0.4, -0.2) is 11.9 Å². The third-order valence-corrected chi connectivity index (χ3v) is 3.39. The second-order valence-electron chi connectivity index (χ2n) is 3.81. The molecule has 1 atom stereocenters. The fraction of sp³-hybridized carbons (Fsp3) is 0.455. The zero-order valence-electron chi connectivity index (χ0n) is 8.71. The van der Waals surface area contributed by atoms with E-state index in [1.807, 2.05) is 19.1 Å². The van der Waals surface area contributed by atoms with E-state index in [0.29, 0.717) is 12.2 Å². The van der Waals surface area contributed by atoms with Gasteiger partial charge in [0.2, 0.25) is 6.79 Å². The van der Waals surface area contributed by atoms with Gasteiger partial charge in [-0.3, -0.25) is 0 Å². The molecule has 3 nitrogen and oxygen atoms in total. The number of hydrogen-bond donors (Lipinski definition) is 1. The summed E-state index contributed by atoms with van der Waals surface area (Å²) in [7, 11) is 0. The average molecular weight is 273 g/mol. The normalized spacial score (nSPS) is 17.6. The Morgan fingerprint density at radius 2 is 2.00 bits per heavy atom. The van der Waals surface area contributed by atoms with E-state index in [-0.39, 0.29) is 6.79 Å². The predicted molar refractivity (Wildman–Crippen MR) is 60.1 cm³/mol. The topological polar surface area (TPSA) is 38.7 Å². The van der Waals surface area contributed by atoms with Crippen LogP contribution in [0.1, 0.15) is 25.8 Å². The van der Waals surface area contributed by atoms with Gasteiger partial charge in [0.25, 0.3) is 0 Å². The molecule has 82 valence electrons. The molecule has 1 aliphatic rings. The maximum Gasteiger partial charge on any atom is 0.231 e. The molecule has 0 radical (unpaired) electrons. The van der Waals surface area contributed by atoms with E-state index in [2.05, 4.69) is 15.9 Å². The summed E-state index contributed by atoms with van der Waals surface area (Å²) in [5, 5.41) is 10.2. The Morgan fingerprint density at radius 3 is 2.60 bits per heavy atom. The van der Waals surface area contributed by atoms with Crippen molar-refractivity contribution in [2.24, 2.45) is 0 Å². The summed E-state index contributed by atoms with van der Waals surface area (Å²) in [6.45, 7) is 3.98. The van der Waals surface area contributed by atoms with Gasteiger partial charge in [-0.15, -0.1) is 0 Å². The first-order valence-electron chi connectivity index (χ1n) is 4.86. The Kier molecular flexibility index (Phi) is 2.64. The number of aliphatic hydroxyl groups is 1. The molecule has 0 aliphatic carbocycles. The summed E-state index contributed by atoms with van der Waals surface area (Å²) in [6.07, 6.45) is 0.644. The van der Waals surface area contributed by atoms with Crippen LogP contribution < -0.4 is 9.47 Å². The van der Waals surface area contributed by atoms with Gasteiger partial charge in [-0.2, -0.15) is 0 Å². The average Bonchev–Trinajstić information content (AvgIpc) is 2.63. The third kappa shape index (κ3) is 1.84. The van der Waals surface area contributed by atoms with Crippen LogP contribution in [-0.2, 0) is 5.60 Å². The lowest BCUT2D eigenvalue weighted by atomic mass is 9.93. The molecule has 1 aromatic carbocycles. The van der Waals surface area contributed by atoms with Crippen LogP contribution in [0.2, 0.25) is 0 Å². The Morgan fingerprint density at radius 1 is 1.40 bits per heavy atom. The summed E-state index contributed by atoms with van der Waals surface area (Å²) in [5.74, 6) is 1.42. The molecule has 0 spiro atoms. The van der Waals surface area contributed by atoms with Crippen LogP contribution in [0, 0.1) is 0 Å². The van der Waals surface area contributed by atoms with Gasteiger partial charge in [-0.1, -0.05) is 22.9 Å². The lowest BCUT2D eigenvalue weighted by molar-refractivity contribution is 0.0521. The first kappa shape index (κ1) is 10.8. The lowest BCUT2D eigenvalue weighted by Crippen LogP contribution is -2.20. The standard InChI is InChI=1S/C11H13BrO3/c1-3-11(2,13)7-4-9-10(5-8(7)12)15-6-14-9/h4-5,13H,3,6H2,1-2H3/t11-/m0/s1. The summed E-state index contributed by atoms with van der Waals surface area (Å²) in [6, 6.07) is 3.66. The lowest BCUT2D eigenvalue weighted by Gasteiger charge is -2.23. The van der Waals surface area contributed by atoms with E-state index < -0.39 is 5.60 Å². The van der Waals surface area contributed by atoms with Crippen molar-refractivity contribution in [1.82, 2.24) is 0 Å². The van der Waals surface area contributed by atoms with Gasteiger partial charge in [0, 0.05) is 10.0 Å². The fourth-order valence-corrected chi connectivity index (χ4v) is 2.27. The summed E-state index contributed by atoms with van der Waals surface area (Å²) in [4.78, 5) is 0. The largest absolute Gasteiger partial charge is 0.454 e. The highest BCUT2D eigenvalue weighted by Gasteiger charge is 2.27. The SMILES string of the molecule is CC[C@](C)(O)c1cc2c(cc1Br)OCO2. The summed E-state index contributed by atoms with van der Waals surface area (Å²) < 4.78 is 11.4. The van der Waals surface area contributed by atoms with Crippen LogP contribution in [0.5, 0.6) is 11.5 Å². The van der Waals surface area contributed by atoms with Gasteiger partial charge >= 0.3 is 0 Å². The maximum atomic E-state index is 10.2. The molecule has 0 saturated carbocycles. The van der Waals surface area contributed by atoms with Crippen molar-refractivity contribution in [2.45, 2.75) is 25.9 Å². The van der Waals surface area contributed by atoms with Crippen LogP contribution in [0.3, 0.4) is 0 Å². The first-order valence-corrected chi connectivity index (χ1v) is 5.66. The molecule has 0 bridgehead atoms. The molecule has 0 unspecified atom stereocenters. The van der Waals surface area contributed by atoms with Crippen molar-refractivity contribution in [1.29, 1.82) is 0 Å². The molecule has 1 aliphatic heterocycles.